The van der Waals surface area contributed by atoms with Crippen LogP contribution in [-0.4, -0.2) is 29.2 Å². The quantitative estimate of drug-likeness (QED) is 0.532. The zero-order valence-electron chi connectivity index (χ0n) is 13.2. The molecule has 1 aromatic carbocycles. The van der Waals surface area contributed by atoms with Gasteiger partial charge in [-0.2, -0.15) is 0 Å². The highest BCUT2D eigenvalue weighted by atomic mass is 16.6. The lowest BCUT2D eigenvalue weighted by molar-refractivity contribution is -0.385. The van der Waals surface area contributed by atoms with Gasteiger partial charge in [-0.15, -0.1) is 0 Å². The number of anilines is 1. The Morgan fingerprint density at radius 1 is 1.41 bits per heavy atom. The minimum atomic E-state index is -0.452. The first-order valence-corrected chi connectivity index (χ1v) is 7.22. The molecule has 22 heavy (non-hydrogen) atoms. The highest BCUT2D eigenvalue weighted by molar-refractivity contribution is 5.89. The van der Waals surface area contributed by atoms with E-state index in [1.165, 1.54) is 6.07 Å². The number of nitrogens with one attached hydrogen (secondary N) is 2. The van der Waals surface area contributed by atoms with Gasteiger partial charge in [0.15, 0.2) is 0 Å². The molecule has 0 unspecified atom stereocenters. The van der Waals surface area contributed by atoms with Gasteiger partial charge in [-0.1, -0.05) is 26.8 Å². The summed E-state index contributed by atoms with van der Waals surface area (Å²) in [6.45, 7) is 6.16. The Labute approximate surface area is 129 Å². The molecule has 3 N–H and O–H groups in total. The third-order valence-corrected chi connectivity index (χ3v) is 3.44. The van der Waals surface area contributed by atoms with Gasteiger partial charge in [0, 0.05) is 30.5 Å². The van der Waals surface area contributed by atoms with Crippen molar-refractivity contribution in [3.8, 4) is 0 Å². The van der Waals surface area contributed by atoms with Crippen LogP contribution in [0.3, 0.4) is 0 Å². The van der Waals surface area contributed by atoms with Crippen molar-refractivity contribution in [2.45, 2.75) is 33.6 Å². The van der Waals surface area contributed by atoms with Gasteiger partial charge in [0.1, 0.15) is 0 Å². The number of amides is 2. The number of nitro benzene ring substituents is 1. The van der Waals surface area contributed by atoms with Gasteiger partial charge < -0.3 is 15.7 Å². The summed E-state index contributed by atoms with van der Waals surface area (Å²) < 4.78 is 0. The predicted octanol–water partition coefficient (Wildman–Crippen LogP) is 2.69. The summed E-state index contributed by atoms with van der Waals surface area (Å²) in [6.07, 6.45) is 1.13. The maximum atomic E-state index is 11.8. The number of benzene rings is 1. The van der Waals surface area contributed by atoms with Crippen molar-refractivity contribution in [2.75, 3.05) is 18.5 Å². The highest BCUT2D eigenvalue weighted by Gasteiger charge is 2.19. The van der Waals surface area contributed by atoms with Crippen molar-refractivity contribution in [3.63, 3.8) is 0 Å². The molecule has 1 rings (SSSR count). The molecule has 0 spiro atoms. The Hall–Kier alpha value is -2.15. The Kier molecular flexibility index (Phi) is 6.30. The van der Waals surface area contributed by atoms with Crippen molar-refractivity contribution in [3.05, 3.63) is 33.9 Å². The van der Waals surface area contributed by atoms with Crippen LogP contribution in [0.1, 0.15) is 32.8 Å². The van der Waals surface area contributed by atoms with E-state index in [1.54, 1.807) is 12.1 Å². The molecule has 2 amide bonds. The maximum absolute atomic E-state index is 11.8. The average molecular weight is 309 g/mol. The van der Waals surface area contributed by atoms with Crippen molar-refractivity contribution in [2.24, 2.45) is 5.41 Å². The number of rotatable bonds is 7. The average Bonchev–Trinajstić information content (AvgIpc) is 2.45. The number of carbonyl (C=O) groups is 1. The van der Waals surface area contributed by atoms with Gasteiger partial charge >= 0.3 is 6.03 Å². The molecule has 0 saturated heterocycles. The third kappa shape index (κ3) is 5.33. The molecular weight excluding hydrogens is 286 g/mol. The number of hydrogen-bond acceptors (Lipinski definition) is 4. The monoisotopic (exact) mass is 309 g/mol. The number of aryl methyl sites for hydroxylation is 1. The first kappa shape index (κ1) is 17.9. The van der Waals surface area contributed by atoms with Crippen LogP contribution in [0.2, 0.25) is 0 Å². The fourth-order valence-electron chi connectivity index (χ4n) is 2.00. The summed E-state index contributed by atoms with van der Waals surface area (Å²) in [4.78, 5) is 22.4. The molecule has 0 heterocycles. The second kappa shape index (κ2) is 7.74. The summed E-state index contributed by atoms with van der Waals surface area (Å²) in [6, 6.07) is 4.22. The number of aliphatic hydroxyl groups excluding tert-OH is 1. The molecule has 0 aliphatic heterocycles. The number of aliphatic hydroxyl groups is 1. The van der Waals surface area contributed by atoms with Crippen molar-refractivity contribution >= 4 is 17.4 Å². The maximum Gasteiger partial charge on any atom is 0.319 e. The van der Waals surface area contributed by atoms with Gasteiger partial charge in [0.25, 0.3) is 5.69 Å². The van der Waals surface area contributed by atoms with Crippen LogP contribution < -0.4 is 10.6 Å². The molecule has 122 valence electrons. The smallest absolute Gasteiger partial charge is 0.319 e. The molecule has 0 fully saturated rings. The lowest BCUT2D eigenvalue weighted by atomic mass is 9.90. The molecule has 1 aromatic rings. The van der Waals surface area contributed by atoms with E-state index >= 15 is 0 Å². The fourth-order valence-corrected chi connectivity index (χ4v) is 2.00. The summed E-state index contributed by atoms with van der Waals surface area (Å²) in [5.74, 6) is 0. The number of urea groups is 1. The summed E-state index contributed by atoms with van der Waals surface area (Å²) in [7, 11) is 0. The van der Waals surface area contributed by atoms with Crippen LogP contribution in [0.15, 0.2) is 18.2 Å². The van der Waals surface area contributed by atoms with E-state index in [1.807, 2.05) is 20.8 Å². The number of hydrogen-bond donors (Lipinski definition) is 3. The van der Waals surface area contributed by atoms with E-state index < -0.39 is 11.0 Å². The molecule has 7 heteroatoms. The predicted molar refractivity (Wildman–Crippen MR) is 85.0 cm³/mol. The molecule has 0 atom stereocenters. The van der Waals surface area contributed by atoms with E-state index in [-0.39, 0.29) is 17.7 Å². The Balaban J connectivity index is 2.69. The van der Waals surface area contributed by atoms with Crippen LogP contribution in [0.4, 0.5) is 16.2 Å². The lowest BCUT2D eigenvalue weighted by Crippen LogP contribution is -2.37. The molecule has 0 saturated carbocycles. The zero-order valence-corrected chi connectivity index (χ0v) is 13.2. The highest BCUT2D eigenvalue weighted by Crippen LogP contribution is 2.23. The van der Waals surface area contributed by atoms with E-state index in [2.05, 4.69) is 10.6 Å². The minimum Gasteiger partial charge on any atom is -0.396 e. The summed E-state index contributed by atoms with van der Waals surface area (Å²) >= 11 is 0. The summed E-state index contributed by atoms with van der Waals surface area (Å²) in [5.41, 5.74) is 0.784. The van der Waals surface area contributed by atoms with Gasteiger partial charge in [-0.3, -0.25) is 10.1 Å². The second-order valence-electron chi connectivity index (χ2n) is 5.90. The standard InChI is InChI=1S/C15H23N3O4/c1-4-11-5-6-12(9-13(11)18(21)22)17-14(20)16-10-15(2,3)7-8-19/h5-6,9,19H,4,7-8,10H2,1-3H3,(H2,16,17,20). The van der Waals surface area contributed by atoms with Crippen LogP contribution >= 0.6 is 0 Å². The molecule has 0 radical (unpaired) electrons. The molecule has 0 aromatic heterocycles. The molecular formula is C15H23N3O4. The molecule has 0 bridgehead atoms. The molecule has 0 aliphatic rings. The van der Waals surface area contributed by atoms with Crippen LogP contribution in [0, 0.1) is 15.5 Å². The fraction of sp³-hybridized carbons (Fsp3) is 0.533. The van der Waals surface area contributed by atoms with Crippen molar-refractivity contribution in [1.82, 2.24) is 5.32 Å². The number of nitrogens with zero attached hydrogens (tertiary/aromatic N) is 1. The normalized spacial score (nSPS) is 11.1. The van der Waals surface area contributed by atoms with Crippen LogP contribution in [0.5, 0.6) is 0 Å². The van der Waals surface area contributed by atoms with E-state index in [9.17, 15) is 14.9 Å². The first-order chi connectivity index (χ1) is 10.3. The van der Waals surface area contributed by atoms with Crippen LogP contribution in [-0.2, 0) is 6.42 Å². The molecule has 0 aliphatic carbocycles. The van der Waals surface area contributed by atoms with E-state index in [4.69, 9.17) is 5.11 Å². The Bertz CT molecular complexity index is 544. The topological polar surface area (TPSA) is 104 Å². The van der Waals surface area contributed by atoms with Crippen LogP contribution in [0.25, 0.3) is 0 Å². The van der Waals surface area contributed by atoms with Gasteiger partial charge in [-0.25, -0.2) is 4.79 Å². The largest absolute Gasteiger partial charge is 0.396 e. The van der Waals surface area contributed by atoms with Gasteiger partial charge in [0.05, 0.1) is 4.92 Å². The van der Waals surface area contributed by atoms with Gasteiger partial charge in [-0.05, 0) is 24.3 Å². The number of carbonyl (C=O) groups excluding carboxylic acids is 1. The first-order valence-electron chi connectivity index (χ1n) is 7.22. The van der Waals surface area contributed by atoms with Crippen molar-refractivity contribution in [1.29, 1.82) is 0 Å². The Morgan fingerprint density at radius 2 is 2.09 bits per heavy atom. The Morgan fingerprint density at radius 3 is 2.64 bits per heavy atom. The molecule has 7 nitrogen and oxygen atoms in total. The zero-order chi connectivity index (χ0) is 16.8. The minimum absolute atomic E-state index is 0.000843. The third-order valence-electron chi connectivity index (χ3n) is 3.44. The number of nitro groups is 1. The van der Waals surface area contributed by atoms with E-state index in [0.717, 1.165) is 0 Å². The lowest BCUT2D eigenvalue weighted by Gasteiger charge is -2.23. The van der Waals surface area contributed by atoms with Crippen molar-refractivity contribution < 1.29 is 14.8 Å². The second-order valence-corrected chi connectivity index (χ2v) is 5.90. The SMILES string of the molecule is CCc1ccc(NC(=O)NCC(C)(C)CCO)cc1[N+](=O)[O-]. The van der Waals surface area contributed by atoms with Gasteiger partial charge in [0.2, 0.25) is 0 Å². The van der Waals surface area contributed by atoms with E-state index in [0.29, 0.717) is 30.6 Å². The summed E-state index contributed by atoms with van der Waals surface area (Å²) in [5, 5.41) is 25.2.